The summed E-state index contributed by atoms with van der Waals surface area (Å²) in [6.45, 7) is -0.176. The van der Waals surface area contributed by atoms with Crippen molar-refractivity contribution in [2.45, 2.75) is 25.3 Å². The van der Waals surface area contributed by atoms with Crippen molar-refractivity contribution in [1.82, 2.24) is 10.3 Å². The summed E-state index contributed by atoms with van der Waals surface area (Å²) in [4.78, 5) is 3.20. The van der Waals surface area contributed by atoms with E-state index in [-0.39, 0.29) is 5.75 Å². The first kappa shape index (κ1) is 20.5. The minimum absolute atomic E-state index is 0.130. The number of benzene rings is 2. The number of aromatic amines is 1. The zero-order valence-corrected chi connectivity index (χ0v) is 15.6. The monoisotopic (exact) mass is 414 g/mol. The van der Waals surface area contributed by atoms with E-state index in [1.54, 1.807) is 18.2 Å². The molecule has 8 heteroatoms. The van der Waals surface area contributed by atoms with Crippen LogP contribution in [0.3, 0.4) is 0 Å². The van der Waals surface area contributed by atoms with Crippen LogP contribution in [-0.2, 0) is 13.0 Å². The lowest BCUT2D eigenvalue weighted by Gasteiger charge is -2.16. The van der Waals surface area contributed by atoms with Gasteiger partial charge in [-0.2, -0.15) is 8.78 Å². The second-order valence-corrected chi connectivity index (χ2v) is 6.86. The molecule has 3 rings (SSSR count). The second-order valence-electron chi connectivity index (χ2n) is 6.43. The highest BCUT2D eigenvalue weighted by molar-refractivity contribution is 6.31. The zero-order chi connectivity index (χ0) is 20.1. The van der Waals surface area contributed by atoms with Crippen LogP contribution in [-0.4, -0.2) is 30.5 Å². The van der Waals surface area contributed by atoms with Gasteiger partial charge in [-0.3, -0.25) is 0 Å². The van der Waals surface area contributed by atoms with Gasteiger partial charge in [0.1, 0.15) is 5.75 Å². The summed E-state index contributed by atoms with van der Waals surface area (Å²) in [6.07, 6.45) is -1.03. The van der Waals surface area contributed by atoms with Crippen LogP contribution < -0.4 is 10.1 Å². The predicted octanol–water partition coefficient (Wildman–Crippen LogP) is 5.43. The highest BCUT2D eigenvalue weighted by Crippen LogP contribution is 2.25. The van der Waals surface area contributed by atoms with E-state index in [0.29, 0.717) is 18.1 Å². The van der Waals surface area contributed by atoms with Gasteiger partial charge in [-0.25, -0.2) is 8.78 Å². The Labute approximate surface area is 164 Å². The zero-order valence-electron chi connectivity index (χ0n) is 14.8. The molecule has 0 saturated carbocycles. The topological polar surface area (TPSA) is 37.0 Å². The van der Waals surface area contributed by atoms with Gasteiger partial charge in [-0.05, 0) is 54.4 Å². The van der Waals surface area contributed by atoms with Crippen LogP contribution in [0.1, 0.15) is 11.1 Å². The molecule has 0 aliphatic heterocycles. The number of halogens is 5. The predicted molar refractivity (Wildman–Crippen MR) is 102 cm³/mol. The highest BCUT2D eigenvalue weighted by atomic mass is 35.5. The van der Waals surface area contributed by atoms with E-state index in [9.17, 15) is 17.6 Å². The molecule has 0 aliphatic carbocycles. The Kier molecular flexibility index (Phi) is 6.46. The number of fused-ring (bicyclic) bond motifs is 1. The summed E-state index contributed by atoms with van der Waals surface area (Å²) < 4.78 is 55.1. The summed E-state index contributed by atoms with van der Waals surface area (Å²) in [5.74, 6) is -4.04. The Morgan fingerprint density at radius 2 is 1.96 bits per heavy atom. The van der Waals surface area contributed by atoms with Crippen molar-refractivity contribution in [3.05, 3.63) is 64.8 Å². The lowest BCUT2D eigenvalue weighted by molar-refractivity contribution is -0.148. The molecule has 1 heterocycles. The van der Waals surface area contributed by atoms with Crippen LogP contribution in [0.15, 0.2) is 48.7 Å². The van der Waals surface area contributed by atoms with E-state index in [1.165, 1.54) is 6.07 Å². The Morgan fingerprint density at radius 1 is 1.14 bits per heavy atom. The number of alkyl halides is 4. The molecule has 0 aliphatic rings. The standard InChI is InChI=1S/C20H19ClF4N2O/c21-15-4-5-18-17(9-15)14(11-27-18)6-7-26-10-13-2-1-3-16(8-13)28-12-20(24,25)19(22)23/h1-5,8-9,11,19,26-27H,6-7,10,12H2. The maximum atomic E-state index is 13.0. The Hall–Kier alpha value is -2.25. The van der Waals surface area contributed by atoms with E-state index < -0.39 is 19.0 Å². The van der Waals surface area contributed by atoms with Gasteiger partial charge >= 0.3 is 12.3 Å². The molecular weight excluding hydrogens is 396 g/mol. The first-order valence-electron chi connectivity index (χ1n) is 8.69. The van der Waals surface area contributed by atoms with Crippen LogP contribution in [0.5, 0.6) is 5.75 Å². The third-order valence-corrected chi connectivity index (χ3v) is 4.51. The van der Waals surface area contributed by atoms with Gasteiger partial charge in [0.05, 0.1) is 0 Å². The fourth-order valence-electron chi connectivity index (χ4n) is 2.80. The average Bonchev–Trinajstić information content (AvgIpc) is 3.06. The van der Waals surface area contributed by atoms with Gasteiger partial charge in [0.2, 0.25) is 0 Å². The van der Waals surface area contributed by atoms with Crippen molar-refractivity contribution in [2.75, 3.05) is 13.2 Å². The molecule has 0 atom stereocenters. The van der Waals surface area contributed by atoms with Gasteiger partial charge in [0.15, 0.2) is 6.61 Å². The maximum Gasteiger partial charge on any atom is 0.340 e. The number of hydrogen-bond donors (Lipinski definition) is 2. The summed E-state index contributed by atoms with van der Waals surface area (Å²) in [5.41, 5.74) is 2.96. The van der Waals surface area contributed by atoms with Gasteiger partial charge < -0.3 is 15.0 Å². The number of nitrogens with one attached hydrogen (secondary N) is 2. The van der Waals surface area contributed by atoms with Crippen LogP contribution in [0, 0.1) is 0 Å². The normalized spacial score (nSPS) is 12.1. The second kappa shape index (κ2) is 8.84. The number of rotatable bonds is 9. The third-order valence-electron chi connectivity index (χ3n) is 4.28. The molecule has 0 bridgehead atoms. The molecule has 2 aromatic carbocycles. The highest BCUT2D eigenvalue weighted by Gasteiger charge is 2.41. The van der Waals surface area contributed by atoms with Crippen molar-refractivity contribution >= 4 is 22.5 Å². The largest absolute Gasteiger partial charge is 0.487 e. The minimum Gasteiger partial charge on any atom is -0.487 e. The number of ether oxygens (including phenoxy) is 1. The van der Waals surface area contributed by atoms with Crippen molar-refractivity contribution in [1.29, 1.82) is 0 Å². The molecule has 0 spiro atoms. The lowest BCUT2D eigenvalue weighted by Crippen LogP contribution is -2.33. The van der Waals surface area contributed by atoms with Gasteiger partial charge in [0.25, 0.3) is 0 Å². The summed E-state index contributed by atoms with van der Waals surface area (Å²) >= 11 is 6.04. The SMILES string of the molecule is FC(F)C(F)(F)COc1cccc(CNCCc2c[nH]c3ccc(Cl)cc23)c1. The van der Waals surface area contributed by atoms with Crippen LogP contribution in [0.4, 0.5) is 17.6 Å². The molecule has 3 aromatic rings. The van der Waals surface area contributed by atoms with E-state index in [4.69, 9.17) is 16.3 Å². The lowest BCUT2D eigenvalue weighted by atomic mass is 10.1. The Morgan fingerprint density at radius 3 is 2.75 bits per heavy atom. The van der Waals surface area contributed by atoms with Crippen molar-refractivity contribution in [3.8, 4) is 5.75 Å². The van der Waals surface area contributed by atoms with E-state index in [2.05, 4.69) is 10.3 Å². The molecule has 28 heavy (non-hydrogen) atoms. The number of hydrogen-bond acceptors (Lipinski definition) is 2. The van der Waals surface area contributed by atoms with Crippen LogP contribution in [0.2, 0.25) is 5.02 Å². The summed E-state index contributed by atoms with van der Waals surface area (Å²) in [7, 11) is 0. The quantitative estimate of drug-likeness (QED) is 0.362. The Bertz CT molecular complexity index is 929. The molecule has 3 nitrogen and oxygen atoms in total. The van der Waals surface area contributed by atoms with Gasteiger partial charge in [-0.15, -0.1) is 0 Å². The van der Waals surface area contributed by atoms with E-state index in [1.807, 2.05) is 24.4 Å². The van der Waals surface area contributed by atoms with Gasteiger partial charge in [-0.1, -0.05) is 23.7 Å². The minimum atomic E-state index is -4.17. The van der Waals surface area contributed by atoms with E-state index in [0.717, 1.165) is 28.5 Å². The molecule has 2 N–H and O–H groups in total. The first-order chi connectivity index (χ1) is 13.3. The van der Waals surface area contributed by atoms with Gasteiger partial charge in [0, 0.05) is 28.7 Å². The molecule has 0 amide bonds. The first-order valence-corrected chi connectivity index (χ1v) is 9.07. The van der Waals surface area contributed by atoms with Crippen molar-refractivity contribution in [2.24, 2.45) is 0 Å². The maximum absolute atomic E-state index is 13.0. The van der Waals surface area contributed by atoms with Crippen LogP contribution >= 0.6 is 11.6 Å². The smallest absolute Gasteiger partial charge is 0.340 e. The Balaban J connectivity index is 1.50. The number of H-pyrrole nitrogens is 1. The fourth-order valence-corrected chi connectivity index (χ4v) is 2.97. The molecule has 0 saturated heterocycles. The molecular formula is C20H19ClF4N2O. The fraction of sp³-hybridized carbons (Fsp3) is 0.300. The van der Waals surface area contributed by atoms with Crippen molar-refractivity contribution < 1.29 is 22.3 Å². The average molecular weight is 415 g/mol. The molecule has 0 fully saturated rings. The summed E-state index contributed by atoms with van der Waals surface area (Å²) in [5, 5.41) is 5.02. The third kappa shape index (κ3) is 5.17. The molecule has 0 unspecified atom stereocenters. The van der Waals surface area contributed by atoms with Crippen molar-refractivity contribution in [3.63, 3.8) is 0 Å². The summed E-state index contributed by atoms with van der Waals surface area (Å²) in [6, 6.07) is 12.1. The van der Waals surface area contributed by atoms with E-state index >= 15 is 0 Å². The number of aromatic nitrogens is 1. The van der Waals surface area contributed by atoms with Crippen LogP contribution in [0.25, 0.3) is 10.9 Å². The molecule has 150 valence electrons. The molecule has 0 radical (unpaired) electrons. The molecule has 1 aromatic heterocycles.